The molecule has 0 aliphatic heterocycles. The molecule has 1 aromatic heterocycles. The van der Waals surface area contributed by atoms with E-state index in [-0.39, 0.29) is 6.10 Å². The lowest BCUT2D eigenvalue weighted by Gasteiger charge is -2.24. The molecule has 1 rings (SSSR count). The van der Waals surface area contributed by atoms with Crippen LogP contribution in [0.5, 0.6) is 0 Å². The van der Waals surface area contributed by atoms with Crippen LogP contribution >= 0.6 is 0 Å². The third-order valence-electron chi connectivity index (χ3n) is 3.22. The zero-order valence-corrected chi connectivity index (χ0v) is 13.6. The Balaban J connectivity index is 2.39. The van der Waals surface area contributed by atoms with Gasteiger partial charge in [0, 0.05) is 25.9 Å². The molecule has 0 saturated carbocycles. The fourth-order valence-electron chi connectivity index (χ4n) is 2.13. The van der Waals surface area contributed by atoms with Gasteiger partial charge < -0.3 is 14.6 Å². The Bertz CT molecular complexity index is 401. The van der Waals surface area contributed by atoms with Crippen LogP contribution in [0.25, 0.3) is 0 Å². The van der Waals surface area contributed by atoms with Crippen molar-refractivity contribution in [3.8, 4) is 0 Å². The third kappa shape index (κ3) is 7.52. The molecule has 1 heterocycles. The van der Waals surface area contributed by atoms with E-state index in [1.165, 1.54) is 0 Å². The molecule has 0 aliphatic carbocycles. The van der Waals surface area contributed by atoms with Crippen LogP contribution in [0.2, 0.25) is 0 Å². The molecule has 21 heavy (non-hydrogen) atoms. The normalized spacial score (nSPS) is 14.4. The van der Waals surface area contributed by atoms with Gasteiger partial charge in [-0.05, 0) is 32.5 Å². The summed E-state index contributed by atoms with van der Waals surface area (Å²) in [5, 5.41) is 10.1. The van der Waals surface area contributed by atoms with Gasteiger partial charge >= 0.3 is 0 Å². The highest BCUT2D eigenvalue weighted by Crippen LogP contribution is 2.05. The molecule has 0 aromatic carbocycles. The van der Waals surface area contributed by atoms with Crippen molar-refractivity contribution < 1.29 is 14.6 Å². The lowest BCUT2D eigenvalue weighted by Crippen LogP contribution is -2.35. The number of aliphatic hydroxyl groups excluding tert-OH is 1. The van der Waals surface area contributed by atoms with Crippen LogP contribution in [0, 0.1) is 6.92 Å². The summed E-state index contributed by atoms with van der Waals surface area (Å²) in [7, 11) is 1.64. The van der Waals surface area contributed by atoms with Gasteiger partial charge in [-0.15, -0.1) is 0 Å². The maximum absolute atomic E-state index is 10.1. The number of rotatable bonds is 10. The quantitative estimate of drug-likeness (QED) is 0.711. The highest BCUT2D eigenvalue weighted by Gasteiger charge is 2.13. The first-order chi connectivity index (χ1) is 10.0. The number of likely N-dealkylation sites (N-methyl/N-ethyl adjacent to an activating group) is 1. The molecule has 0 fully saturated rings. The van der Waals surface area contributed by atoms with Crippen molar-refractivity contribution in [2.24, 2.45) is 0 Å². The van der Waals surface area contributed by atoms with Gasteiger partial charge in [0.25, 0.3) is 0 Å². The molecule has 5 heteroatoms. The Kier molecular flexibility index (Phi) is 8.45. The first-order valence-electron chi connectivity index (χ1n) is 7.48. The van der Waals surface area contributed by atoms with Gasteiger partial charge in [0.2, 0.25) is 0 Å². The number of aromatic nitrogens is 1. The number of nitrogens with zero attached hydrogens (tertiary/aromatic N) is 2. The molecule has 0 aliphatic rings. The van der Waals surface area contributed by atoms with Crippen LogP contribution in [0.15, 0.2) is 18.2 Å². The molecule has 0 amide bonds. The van der Waals surface area contributed by atoms with Gasteiger partial charge in [-0.1, -0.05) is 13.0 Å². The Morgan fingerprint density at radius 3 is 2.71 bits per heavy atom. The number of aryl methyl sites for hydroxylation is 1. The summed E-state index contributed by atoms with van der Waals surface area (Å²) < 4.78 is 10.5. The second-order valence-corrected chi connectivity index (χ2v) is 5.35. The summed E-state index contributed by atoms with van der Waals surface area (Å²) in [4.78, 5) is 6.66. The molecule has 0 spiro atoms. The second kappa shape index (κ2) is 9.84. The Hall–Kier alpha value is -1.01. The largest absolute Gasteiger partial charge is 0.389 e. The van der Waals surface area contributed by atoms with Crippen LogP contribution < -0.4 is 0 Å². The highest BCUT2D eigenvalue weighted by atomic mass is 16.5. The van der Waals surface area contributed by atoms with Crippen LogP contribution in [0.1, 0.15) is 25.2 Å². The van der Waals surface area contributed by atoms with Crippen molar-refractivity contribution in [2.75, 3.05) is 33.4 Å². The van der Waals surface area contributed by atoms with E-state index in [4.69, 9.17) is 9.47 Å². The molecule has 0 saturated heterocycles. The average Bonchev–Trinajstić information content (AvgIpc) is 2.45. The van der Waals surface area contributed by atoms with Crippen molar-refractivity contribution in [3.63, 3.8) is 0 Å². The third-order valence-corrected chi connectivity index (χ3v) is 3.22. The summed E-state index contributed by atoms with van der Waals surface area (Å²) in [5.41, 5.74) is 2.04. The van der Waals surface area contributed by atoms with E-state index in [1.807, 2.05) is 32.0 Å². The lowest BCUT2D eigenvalue weighted by atomic mass is 10.2. The minimum absolute atomic E-state index is 0.00170. The molecule has 1 aromatic rings. The Labute approximate surface area is 127 Å². The van der Waals surface area contributed by atoms with E-state index in [9.17, 15) is 5.11 Å². The van der Waals surface area contributed by atoms with Crippen LogP contribution in [-0.4, -0.2) is 60.6 Å². The van der Waals surface area contributed by atoms with Crippen LogP contribution in [0.3, 0.4) is 0 Å². The zero-order chi connectivity index (χ0) is 15.7. The molecule has 120 valence electrons. The molecule has 0 radical (unpaired) electrons. The predicted octanol–water partition coefficient (Wildman–Crippen LogP) is 1.62. The van der Waals surface area contributed by atoms with Gasteiger partial charge in [0.1, 0.15) is 0 Å². The maximum Gasteiger partial charge on any atom is 0.0900 e. The second-order valence-electron chi connectivity index (χ2n) is 5.35. The van der Waals surface area contributed by atoms with Crippen molar-refractivity contribution >= 4 is 0 Å². The summed E-state index contributed by atoms with van der Waals surface area (Å²) >= 11 is 0. The Morgan fingerprint density at radius 2 is 2.10 bits per heavy atom. The molecular formula is C16H28N2O3. The molecule has 5 nitrogen and oxygen atoms in total. The van der Waals surface area contributed by atoms with Crippen molar-refractivity contribution in [3.05, 3.63) is 29.6 Å². The highest BCUT2D eigenvalue weighted by molar-refractivity contribution is 5.09. The number of aliphatic hydroxyl groups is 1. The molecule has 2 unspecified atom stereocenters. The number of ether oxygens (including phenoxy) is 2. The van der Waals surface area contributed by atoms with Crippen molar-refractivity contribution in [1.29, 1.82) is 0 Å². The van der Waals surface area contributed by atoms with Gasteiger partial charge in [0.05, 0.1) is 31.1 Å². The lowest BCUT2D eigenvalue weighted by molar-refractivity contribution is -0.0400. The summed E-state index contributed by atoms with van der Waals surface area (Å²) in [6.07, 6.45) is -0.507. The van der Waals surface area contributed by atoms with Crippen molar-refractivity contribution in [2.45, 2.75) is 39.5 Å². The smallest absolute Gasteiger partial charge is 0.0900 e. The fourth-order valence-corrected chi connectivity index (χ4v) is 2.13. The van der Waals surface area contributed by atoms with Gasteiger partial charge in [-0.3, -0.25) is 9.88 Å². The van der Waals surface area contributed by atoms with Gasteiger partial charge in [-0.25, -0.2) is 0 Å². The van der Waals surface area contributed by atoms with Gasteiger partial charge in [0.15, 0.2) is 0 Å². The monoisotopic (exact) mass is 296 g/mol. The van der Waals surface area contributed by atoms with E-state index in [0.717, 1.165) is 24.5 Å². The van der Waals surface area contributed by atoms with E-state index in [0.29, 0.717) is 19.8 Å². The molecular weight excluding hydrogens is 268 g/mol. The number of hydrogen-bond acceptors (Lipinski definition) is 5. The minimum atomic E-state index is -0.505. The number of hydrogen-bond donors (Lipinski definition) is 1. The predicted molar refractivity (Wildman–Crippen MR) is 83.2 cm³/mol. The van der Waals surface area contributed by atoms with E-state index < -0.39 is 6.10 Å². The SMILES string of the molecule is CCN(Cc1cccc(C)n1)CC(O)COC(C)COC. The maximum atomic E-state index is 10.1. The average molecular weight is 296 g/mol. The Morgan fingerprint density at radius 1 is 1.33 bits per heavy atom. The van der Waals surface area contributed by atoms with Crippen LogP contribution in [0.4, 0.5) is 0 Å². The topological polar surface area (TPSA) is 54.8 Å². The molecule has 0 bridgehead atoms. The van der Waals surface area contributed by atoms with Crippen molar-refractivity contribution in [1.82, 2.24) is 9.88 Å². The van der Waals surface area contributed by atoms with E-state index in [1.54, 1.807) is 7.11 Å². The minimum Gasteiger partial charge on any atom is -0.389 e. The van der Waals surface area contributed by atoms with E-state index >= 15 is 0 Å². The fraction of sp³-hybridized carbons (Fsp3) is 0.688. The summed E-state index contributed by atoms with van der Waals surface area (Å²) in [5.74, 6) is 0. The van der Waals surface area contributed by atoms with Crippen LogP contribution in [-0.2, 0) is 16.0 Å². The summed E-state index contributed by atoms with van der Waals surface area (Å²) in [6.45, 7) is 9.04. The number of pyridine rings is 1. The molecule has 1 N–H and O–H groups in total. The zero-order valence-electron chi connectivity index (χ0n) is 13.6. The summed E-state index contributed by atoms with van der Waals surface area (Å²) in [6, 6.07) is 6.01. The first kappa shape index (κ1) is 18.0. The standard InChI is InChI=1S/C16H28N2O3/c1-5-18(9-15-8-6-7-13(2)17-15)10-16(19)12-21-14(3)11-20-4/h6-8,14,16,19H,5,9-12H2,1-4H3. The first-order valence-corrected chi connectivity index (χ1v) is 7.48. The molecule has 2 atom stereocenters. The van der Waals surface area contributed by atoms with E-state index in [2.05, 4.69) is 16.8 Å². The number of methoxy groups -OCH3 is 1. The van der Waals surface area contributed by atoms with Gasteiger partial charge in [-0.2, -0.15) is 0 Å².